The highest BCUT2D eigenvalue weighted by Crippen LogP contribution is 2.36. The average Bonchev–Trinajstić information content (AvgIpc) is 2.82. The summed E-state index contributed by atoms with van der Waals surface area (Å²) < 4.78 is 0. The second-order valence-corrected chi connectivity index (χ2v) is 5.81. The first-order valence-electron chi connectivity index (χ1n) is 6.85. The minimum absolute atomic E-state index is 0.0406. The largest absolute Gasteiger partial charge is 0.396 e. The Morgan fingerprint density at radius 1 is 1.32 bits per heavy atom. The van der Waals surface area contributed by atoms with Gasteiger partial charge in [0.25, 0.3) is 0 Å². The number of hydrogen-bond acceptors (Lipinski definition) is 3. The van der Waals surface area contributed by atoms with Crippen LogP contribution in [0.1, 0.15) is 39.5 Å². The van der Waals surface area contributed by atoms with E-state index in [4.69, 9.17) is 5.73 Å². The Morgan fingerprint density at radius 3 is 2.32 bits per heavy atom. The molecule has 1 aliphatic carbocycles. The number of amides is 3. The van der Waals surface area contributed by atoms with Crippen molar-refractivity contribution < 1.29 is 14.7 Å². The fourth-order valence-electron chi connectivity index (χ4n) is 2.59. The fourth-order valence-corrected chi connectivity index (χ4v) is 2.59. The van der Waals surface area contributed by atoms with Crippen molar-refractivity contribution in [3.8, 4) is 0 Å². The maximum absolute atomic E-state index is 12.1. The van der Waals surface area contributed by atoms with Crippen LogP contribution in [-0.2, 0) is 4.79 Å². The lowest BCUT2D eigenvalue weighted by Gasteiger charge is -2.28. The molecular formula is C13H25N3O3. The third kappa shape index (κ3) is 4.38. The van der Waals surface area contributed by atoms with Crippen LogP contribution in [-0.4, -0.2) is 36.2 Å². The number of primary amides is 1. The smallest absolute Gasteiger partial charge is 0.312 e. The first-order valence-corrected chi connectivity index (χ1v) is 6.85. The molecule has 0 aromatic rings. The second kappa shape index (κ2) is 6.75. The van der Waals surface area contributed by atoms with Crippen molar-refractivity contribution in [2.24, 2.45) is 17.1 Å². The highest BCUT2D eigenvalue weighted by atomic mass is 16.3. The molecule has 0 saturated heterocycles. The monoisotopic (exact) mass is 271 g/mol. The van der Waals surface area contributed by atoms with Gasteiger partial charge in [0.1, 0.15) is 6.04 Å². The van der Waals surface area contributed by atoms with Crippen LogP contribution in [0.5, 0.6) is 0 Å². The molecule has 5 N–H and O–H groups in total. The van der Waals surface area contributed by atoms with E-state index in [9.17, 15) is 14.7 Å². The van der Waals surface area contributed by atoms with E-state index < -0.39 is 12.1 Å². The second-order valence-electron chi connectivity index (χ2n) is 5.81. The molecule has 1 saturated carbocycles. The highest BCUT2D eigenvalue weighted by Gasteiger charge is 2.34. The predicted molar refractivity (Wildman–Crippen MR) is 72.3 cm³/mol. The standard InChI is InChI=1S/C13H25N3O3/c1-9(2)10(16-12(14)19)11(18)15-7-13(8-17)5-3-4-6-13/h9-10,17H,3-8H2,1-2H3,(H,15,18)(H3,14,16,19). The third-order valence-corrected chi connectivity index (χ3v) is 3.88. The molecule has 0 aliphatic heterocycles. The van der Waals surface area contributed by atoms with E-state index in [1.165, 1.54) is 0 Å². The van der Waals surface area contributed by atoms with Crippen molar-refractivity contribution >= 4 is 11.9 Å². The summed E-state index contributed by atoms with van der Waals surface area (Å²) >= 11 is 0. The van der Waals surface area contributed by atoms with Gasteiger partial charge in [0.05, 0.1) is 6.61 Å². The van der Waals surface area contributed by atoms with E-state index in [-0.39, 0.29) is 23.8 Å². The van der Waals surface area contributed by atoms with Gasteiger partial charge in [-0.3, -0.25) is 4.79 Å². The number of nitrogens with two attached hydrogens (primary N) is 1. The molecule has 0 spiro atoms. The number of carbonyl (C=O) groups excluding carboxylic acids is 2. The molecule has 19 heavy (non-hydrogen) atoms. The number of aliphatic hydroxyl groups is 1. The summed E-state index contributed by atoms with van der Waals surface area (Å²) in [5, 5.41) is 14.8. The minimum atomic E-state index is -0.702. The molecular weight excluding hydrogens is 246 g/mol. The van der Waals surface area contributed by atoms with Gasteiger partial charge in [-0.25, -0.2) is 4.79 Å². The average molecular weight is 271 g/mol. The van der Waals surface area contributed by atoms with Crippen LogP contribution >= 0.6 is 0 Å². The van der Waals surface area contributed by atoms with E-state index in [1.807, 2.05) is 13.8 Å². The van der Waals surface area contributed by atoms with Crippen LogP contribution < -0.4 is 16.4 Å². The normalized spacial score (nSPS) is 19.2. The van der Waals surface area contributed by atoms with E-state index >= 15 is 0 Å². The summed E-state index contributed by atoms with van der Waals surface area (Å²) in [5.74, 6) is -0.283. The maximum Gasteiger partial charge on any atom is 0.312 e. The van der Waals surface area contributed by atoms with Gasteiger partial charge < -0.3 is 21.5 Å². The molecule has 1 fully saturated rings. The fraction of sp³-hybridized carbons (Fsp3) is 0.846. The van der Waals surface area contributed by atoms with E-state index in [0.717, 1.165) is 25.7 Å². The molecule has 6 heteroatoms. The molecule has 1 aliphatic rings. The zero-order valence-corrected chi connectivity index (χ0v) is 11.7. The Labute approximate surface area is 114 Å². The van der Waals surface area contributed by atoms with Gasteiger partial charge in [0.15, 0.2) is 0 Å². The lowest BCUT2D eigenvalue weighted by Crippen LogP contribution is -2.53. The maximum atomic E-state index is 12.1. The summed E-state index contributed by atoms with van der Waals surface area (Å²) in [4.78, 5) is 23.0. The molecule has 0 radical (unpaired) electrons. The van der Waals surface area contributed by atoms with Crippen LogP contribution in [0, 0.1) is 11.3 Å². The molecule has 3 amide bonds. The third-order valence-electron chi connectivity index (χ3n) is 3.88. The number of urea groups is 1. The Morgan fingerprint density at radius 2 is 1.89 bits per heavy atom. The first kappa shape index (κ1) is 15.8. The number of nitrogens with one attached hydrogen (secondary N) is 2. The van der Waals surface area contributed by atoms with Gasteiger partial charge in [-0.05, 0) is 18.8 Å². The van der Waals surface area contributed by atoms with Gasteiger partial charge in [-0.1, -0.05) is 26.7 Å². The SMILES string of the molecule is CC(C)C(NC(N)=O)C(=O)NCC1(CO)CCCC1. The number of hydrogen-bond donors (Lipinski definition) is 4. The number of aliphatic hydroxyl groups excluding tert-OH is 1. The number of rotatable bonds is 6. The summed E-state index contributed by atoms with van der Waals surface area (Å²) in [6, 6.07) is -1.33. The zero-order chi connectivity index (χ0) is 14.5. The van der Waals surface area contributed by atoms with Crippen molar-refractivity contribution in [1.29, 1.82) is 0 Å². The van der Waals surface area contributed by atoms with Crippen molar-refractivity contribution in [2.75, 3.05) is 13.2 Å². The molecule has 1 atom stereocenters. The van der Waals surface area contributed by atoms with Crippen LogP contribution in [0.15, 0.2) is 0 Å². The first-order chi connectivity index (χ1) is 8.90. The molecule has 6 nitrogen and oxygen atoms in total. The predicted octanol–water partition coefficient (Wildman–Crippen LogP) is 0.348. The lowest BCUT2D eigenvalue weighted by molar-refractivity contribution is -0.124. The molecule has 110 valence electrons. The van der Waals surface area contributed by atoms with E-state index in [2.05, 4.69) is 10.6 Å². The van der Waals surface area contributed by atoms with Gasteiger partial charge in [0.2, 0.25) is 5.91 Å². The van der Waals surface area contributed by atoms with Gasteiger partial charge in [-0.2, -0.15) is 0 Å². The Hall–Kier alpha value is -1.30. The molecule has 1 unspecified atom stereocenters. The highest BCUT2D eigenvalue weighted by molar-refractivity contribution is 5.86. The van der Waals surface area contributed by atoms with Crippen LogP contribution in [0.3, 0.4) is 0 Å². The lowest BCUT2D eigenvalue weighted by atomic mass is 9.87. The summed E-state index contributed by atoms with van der Waals surface area (Å²) in [7, 11) is 0. The molecule has 0 aromatic heterocycles. The zero-order valence-electron chi connectivity index (χ0n) is 11.7. The topological polar surface area (TPSA) is 104 Å². The molecule has 0 aromatic carbocycles. The minimum Gasteiger partial charge on any atom is -0.396 e. The number of carbonyl (C=O) groups is 2. The molecule has 1 rings (SSSR count). The van der Waals surface area contributed by atoms with Gasteiger partial charge >= 0.3 is 6.03 Å². The quantitative estimate of drug-likeness (QED) is 0.560. The van der Waals surface area contributed by atoms with Gasteiger partial charge in [0, 0.05) is 12.0 Å². The van der Waals surface area contributed by atoms with Crippen molar-refractivity contribution in [3.05, 3.63) is 0 Å². The van der Waals surface area contributed by atoms with Crippen molar-refractivity contribution in [1.82, 2.24) is 10.6 Å². The van der Waals surface area contributed by atoms with Crippen LogP contribution in [0.4, 0.5) is 4.79 Å². The van der Waals surface area contributed by atoms with E-state index in [1.54, 1.807) is 0 Å². The van der Waals surface area contributed by atoms with Gasteiger partial charge in [-0.15, -0.1) is 0 Å². The molecule has 0 bridgehead atoms. The Bertz CT molecular complexity index is 325. The Kier molecular flexibility index (Phi) is 5.60. The van der Waals surface area contributed by atoms with Crippen molar-refractivity contribution in [2.45, 2.75) is 45.6 Å². The summed E-state index contributed by atoms with van der Waals surface area (Å²) in [6.45, 7) is 4.23. The van der Waals surface area contributed by atoms with Crippen molar-refractivity contribution in [3.63, 3.8) is 0 Å². The molecule has 0 heterocycles. The van der Waals surface area contributed by atoms with Crippen LogP contribution in [0.2, 0.25) is 0 Å². The summed E-state index contributed by atoms with van der Waals surface area (Å²) in [5.41, 5.74) is 4.88. The summed E-state index contributed by atoms with van der Waals surface area (Å²) in [6.07, 6.45) is 4.03. The van der Waals surface area contributed by atoms with Crippen LogP contribution in [0.25, 0.3) is 0 Å². The van der Waals surface area contributed by atoms with E-state index in [0.29, 0.717) is 6.54 Å². The Balaban J connectivity index is 2.54.